The molecule has 1 N–H and O–H groups in total. The first-order valence-corrected chi connectivity index (χ1v) is 10.6. The maximum Gasteiger partial charge on any atom is 0.338 e. The van der Waals surface area contributed by atoms with Gasteiger partial charge >= 0.3 is 5.97 Å². The van der Waals surface area contributed by atoms with E-state index < -0.39 is 22.0 Å². The van der Waals surface area contributed by atoms with E-state index in [-0.39, 0.29) is 28.8 Å². The number of rotatable bonds is 8. The van der Waals surface area contributed by atoms with Gasteiger partial charge in [-0.1, -0.05) is 29.4 Å². The normalized spacial score (nSPS) is 12.4. The summed E-state index contributed by atoms with van der Waals surface area (Å²) in [7, 11) is -2.60. The van der Waals surface area contributed by atoms with Crippen molar-refractivity contribution in [2.45, 2.75) is 24.8 Å². The van der Waals surface area contributed by atoms with Crippen LogP contribution < -0.4 is 9.46 Å². The quantitative estimate of drug-likeness (QED) is 0.541. The van der Waals surface area contributed by atoms with Crippen LogP contribution in [0.2, 0.25) is 0 Å². The van der Waals surface area contributed by atoms with Crippen molar-refractivity contribution in [3.05, 3.63) is 71.4 Å². The van der Waals surface area contributed by atoms with Crippen molar-refractivity contribution in [1.29, 1.82) is 0 Å². The summed E-state index contributed by atoms with van der Waals surface area (Å²) in [5.41, 5.74) is 0.634. The Kier molecular flexibility index (Phi) is 6.48. The lowest BCUT2D eigenvalue weighted by Gasteiger charge is -2.18. The third-order valence-electron chi connectivity index (χ3n) is 4.18. The van der Waals surface area contributed by atoms with Gasteiger partial charge in [0.1, 0.15) is 11.8 Å². The Morgan fingerprint density at radius 3 is 2.63 bits per heavy atom. The Balaban J connectivity index is 2.02. The molecule has 10 heteroatoms. The molecule has 158 valence electrons. The number of hydrogen-bond acceptors (Lipinski definition) is 8. The zero-order valence-electron chi connectivity index (χ0n) is 16.7. The van der Waals surface area contributed by atoms with Crippen molar-refractivity contribution in [2.24, 2.45) is 0 Å². The molecule has 1 atom stereocenters. The first-order chi connectivity index (χ1) is 14.4. The number of esters is 1. The maximum atomic E-state index is 13.1. The van der Waals surface area contributed by atoms with Gasteiger partial charge in [-0.05, 0) is 31.2 Å². The van der Waals surface area contributed by atoms with Crippen molar-refractivity contribution in [1.82, 2.24) is 14.9 Å². The molecule has 1 heterocycles. The number of aromatic nitrogens is 2. The molecule has 0 amide bonds. The predicted octanol–water partition coefficient (Wildman–Crippen LogP) is 2.63. The van der Waals surface area contributed by atoms with Gasteiger partial charge in [-0.15, -0.1) is 0 Å². The highest BCUT2D eigenvalue weighted by atomic mass is 32.2. The van der Waals surface area contributed by atoms with Crippen LogP contribution in [0.3, 0.4) is 0 Å². The fourth-order valence-corrected chi connectivity index (χ4v) is 4.04. The lowest BCUT2D eigenvalue weighted by molar-refractivity contribution is 0.0526. The number of carbonyl (C=O) groups excluding carboxylic acids is 1. The molecule has 30 heavy (non-hydrogen) atoms. The summed E-state index contributed by atoms with van der Waals surface area (Å²) < 4.78 is 44.2. The molecule has 3 rings (SSSR count). The van der Waals surface area contributed by atoms with Gasteiger partial charge in [0, 0.05) is 12.5 Å². The standard InChI is InChI=1S/C20H21N3O6S/c1-4-28-20(24)14-8-7-9-15(12-14)30(25,26)23-18(19-21-13(2)29-22-19)16-10-5-6-11-17(16)27-3/h5-12,18,23H,4H2,1-3H3. The first kappa shape index (κ1) is 21.5. The second-order valence-corrected chi connectivity index (χ2v) is 7.93. The Morgan fingerprint density at radius 1 is 1.20 bits per heavy atom. The van der Waals surface area contributed by atoms with Crippen LogP contribution in [0.1, 0.15) is 40.6 Å². The summed E-state index contributed by atoms with van der Waals surface area (Å²) >= 11 is 0. The maximum absolute atomic E-state index is 13.1. The number of nitrogens with one attached hydrogen (secondary N) is 1. The summed E-state index contributed by atoms with van der Waals surface area (Å²) in [5, 5.41) is 3.87. The smallest absolute Gasteiger partial charge is 0.338 e. The molecule has 0 spiro atoms. The number of nitrogens with zero attached hydrogens (tertiary/aromatic N) is 2. The van der Waals surface area contributed by atoms with Crippen LogP contribution in [0, 0.1) is 6.92 Å². The molecule has 0 aliphatic rings. The van der Waals surface area contributed by atoms with Crippen molar-refractivity contribution in [3.8, 4) is 5.75 Å². The highest BCUT2D eigenvalue weighted by Gasteiger charge is 2.29. The predicted molar refractivity (Wildman–Crippen MR) is 107 cm³/mol. The Bertz CT molecular complexity index is 1140. The lowest BCUT2D eigenvalue weighted by atomic mass is 10.1. The number of benzene rings is 2. The van der Waals surface area contributed by atoms with Crippen molar-refractivity contribution < 1.29 is 27.2 Å². The number of aryl methyl sites for hydroxylation is 1. The van der Waals surface area contributed by atoms with Crippen LogP contribution in [0.25, 0.3) is 0 Å². The molecule has 0 saturated heterocycles. The second-order valence-electron chi connectivity index (χ2n) is 6.22. The van der Waals surface area contributed by atoms with E-state index in [9.17, 15) is 13.2 Å². The second kappa shape index (κ2) is 9.06. The number of para-hydroxylation sites is 1. The summed E-state index contributed by atoms with van der Waals surface area (Å²) in [6, 6.07) is 11.5. The number of hydrogen-bond donors (Lipinski definition) is 1. The van der Waals surface area contributed by atoms with Crippen LogP contribution in [-0.4, -0.2) is 38.2 Å². The Labute approximate surface area is 174 Å². The van der Waals surface area contributed by atoms with E-state index in [1.807, 2.05) is 0 Å². The molecule has 0 aliphatic carbocycles. The number of methoxy groups -OCH3 is 1. The molecular formula is C20H21N3O6S. The van der Waals surface area contributed by atoms with Crippen LogP contribution in [0.5, 0.6) is 5.75 Å². The van der Waals surface area contributed by atoms with E-state index in [0.29, 0.717) is 11.3 Å². The zero-order chi connectivity index (χ0) is 21.7. The summed E-state index contributed by atoms with van der Waals surface area (Å²) in [6.45, 7) is 3.46. The molecule has 0 aliphatic heterocycles. The molecular weight excluding hydrogens is 410 g/mol. The minimum absolute atomic E-state index is 0.104. The van der Waals surface area contributed by atoms with Gasteiger partial charge in [-0.25, -0.2) is 13.2 Å². The third-order valence-corrected chi connectivity index (χ3v) is 5.60. The van der Waals surface area contributed by atoms with Crippen LogP contribution in [0.15, 0.2) is 57.9 Å². The van der Waals surface area contributed by atoms with Crippen LogP contribution >= 0.6 is 0 Å². The molecule has 0 saturated carbocycles. The van der Waals surface area contributed by atoms with Gasteiger partial charge in [0.25, 0.3) is 0 Å². The SMILES string of the molecule is CCOC(=O)c1cccc(S(=O)(=O)NC(c2noc(C)n2)c2ccccc2OC)c1. The molecule has 0 fully saturated rings. The molecule has 1 aromatic heterocycles. The van der Waals surface area contributed by atoms with E-state index in [4.69, 9.17) is 14.0 Å². The van der Waals surface area contributed by atoms with Gasteiger partial charge in [0.05, 0.1) is 24.2 Å². The molecule has 3 aromatic rings. The lowest BCUT2D eigenvalue weighted by Crippen LogP contribution is -2.30. The number of sulfonamides is 1. The fraction of sp³-hybridized carbons (Fsp3) is 0.250. The van der Waals surface area contributed by atoms with Crippen LogP contribution in [-0.2, 0) is 14.8 Å². The molecule has 0 radical (unpaired) electrons. The molecule has 0 bridgehead atoms. The third kappa shape index (κ3) is 4.66. The Morgan fingerprint density at radius 2 is 1.97 bits per heavy atom. The topological polar surface area (TPSA) is 121 Å². The van der Waals surface area contributed by atoms with E-state index >= 15 is 0 Å². The van der Waals surface area contributed by atoms with Gasteiger partial charge in [0.15, 0.2) is 5.82 Å². The monoisotopic (exact) mass is 431 g/mol. The van der Waals surface area contributed by atoms with Gasteiger partial charge < -0.3 is 14.0 Å². The molecule has 1 unspecified atom stereocenters. The van der Waals surface area contributed by atoms with E-state index in [1.165, 1.54) is 31.4 Å². The van der Waals surface area contributed by atoms with Gasteiger partial charge in [-0.3, -0.25) is 0 Å². The van der Waals surface area contributed by atoms with Gasteiger partial charge in [0.2, 0.25) is 15.9 Å². The first-order valence-electron chi connectivity index (χ1n) is 9.08. The van der Waals surface area contributed by atoms with E-state index in [2.05, 4.69) is 14.9 Å². The van der Waals surface area contributed by atoms with Gasteiger partial charge in [-0.2, -0.15) is 9.71 Å². The zero-order valence-corrected chi connectivity index (χ0v) is 17.5. The summed E-state index contributed by atoms with van der Waals surface area (Å²) in [6.07, 6.45) is 0. The van der Waals surface area contributed by atoms with Crippen molar-refractivity contribution in [3.63, 3.8) is 0 Å². The van der Waals surface area contributed by atoms with E-state index in [1.54, 1.807) is 38.1 Å². The Hall–Kier alpha value is -3.24. The minimum Gasteiger partial charge on any atom is -0.496 e. The molecule has 2 aromatic carbocycles. The summed E-state index contributed by atoms with van der Waals surface area (Å²) in [4.78, 5) is 16.1. The van der Waals surface area contributed by atoms with Crippen molar-refractivity contribution in [2.75, 3.05) is 13.7 Å². The fourth-order valence-electron chi connectivity index (χ4n) is 2.82. The van der Waals surface area contributed by atoms with E-state index in [0.717, 1.165) is 0 Å². The van der Waals surface area contributed by atoms with Crippen LogP contribution in [0.4, 0.5) is 0 Å². The minimum atomic E-state index is -4.08. The number of ether oxygens (including phenoxy) is 2. The largest absolute Gasteiger partial charge is 0.496 e. The molecule has 9 nitrogen and oxygen atoms in total. The highest BCUT2D eigenvalue weighted by molar-refractivity contribution is 7.89. The summed E-state index contributed by atoms with van der Waals surface area (Å²) in [5.74, 6) is 0.257. The average molecular weight is 431 g/mol. The average Bonchev–Trinajstić information content (AvgIpc) is 3.18. The number of carbonyl (C=O) groups is 1. The van der Waals surface area contributed by atoms with Crippen molar-refractivity contribution >= 4 is 16.0 Å². The highest BCUT2D eigenvalue weighted by Crippen LogP contribution is 2.30.